The van der Waals surface area contributed by atoms with Gasteiger partial charge < -0.3 is 10.2 Å². The van der Waals surface area contributed by atoms with E-state index >= 15 is 0 Å². The van der Waals surface area contributed by atoms with E-state index in [1.54, 1.807) is 0 Å². The minimum absolute atomic E-state index is 0.614. The molecule has 2 aliphatic rings. The summed E-state index contributed by atoms with van der Waals surface area (Å²) in [5.41, 5.74) is 1.93. The maximum absolute atomic E-state index is 8.98. The fourth-order valence-corrected chi connectivity index (χ4v) is 4.32. The van der Waals surface area contributed by atoms with E-state index in [1.165, 1.54) is 31.4 Å². The molecule has 106 valence electrons. The molecular weight excluding hydrogens is 314 g/mol. The van der Waals surface area contributed by atoms with Crippen LogP contribution in [0.3, 0.4) is 0 Å². The Balaban J connectivity index is 1.84. The molecule has 3 nitrogen and oxygen atoms in total. The number of nitrogens with one attached hydrogen (secondary N) is 1. The van der Waals surface area contributed by atoms with Gasteiger partial charge in [0, 0.05) is 29.1 Å². The molecule has 0 radical (unpaired) electrons. The summed E-state index contributed by atoms with van der Waals surface area (Å²) in [6.07, 6.45) is 5.12. The zero-order valence-corrected chi connectivity index (χ0v) is 13.4. The van der Waals surface area contributed by atoms with Crippen molar-refractivity contribution >= 4 is 21.6 Å². The van der Waals surface area contributed by atoms with Crippen LogP contribution in [-0.4, -0.2) is 24.7 Å². The minimum Gasteiger partial charge on any atom is -0.368 e. The van der Waals surface area contributed by atoms with E-state index in [1.807, 2.05) is 12.1 Å². The van der Waals surface area contributed by atoms with Crippen LogP contribution < -0.4 is 10.2 Å². The van der Waals surface area contributed by atoms with Crippen molar-refractivity contribution in [1.82, 2.24) is 5.32 Å². The van der Waals surface area contributed by atoms with Gasteiger partial charge in [-0.1, -0.05) is 0 Å². The zero-order chi connectivity index (χ0) is 14.1. The van der Waals surface area contributed by atoms with Crippen LogP contribution in [0.25, 0.3) is 0 Å². The Hall–Kier alpha value is -1.05. The molecule has 2 fully saturated rings. The first kappa shape index (κ1) is 13.9. The Kier molecular flexibility index (Phi) is 4.00. The summed E-state index contributed by atoms with van der Waals surface area (Å²) in [4.78, 5) is 2.50. The van der Waals surface area contributed by atoms with E-state index < -0.39 is 0 Å². The zero-order valence-electron chi connectivity index (χ0n) is 11.8. The SMILES string of the molecule is CCN(c1ccc(C#N)cc1Br)C1CC2CCC(C1)N2. The largest absolute Gasteiger partial charge is 0.368 e. The quantitative estimate of drug-likeness (QED) is 0.920. The average molecular weight is 334 g/mol. The maximum Gasteiger partial charge on any atom is 0.0992 e. The molecule has 4 heteroatoms. The molecule has 20 heavy (non-hydrogen) atoms. The lowest BCUT2D eigenvalue weighted by atomic mass is 9.97. The van der Waals surface area contributed by atoms with Gasteiger partial charge in [-0.15, -0.1) is 0 Å². The molecule has 2 heterocycles. The second kappa shape index (κ2) is 5.75. The van der Waals surface area contributed by atoms with Crippen molar-refractivity contribution in [2.75, 3.05) is 11.4 Å². The van der Waals surface area contributed by atoms with Crippen LogP contribution in [0.5, 0.6) is 0 Å². The van der Waals surface area contributed by atoms with E-state index in [2.05, 4.69) is 45.2 Å². The van der Waals surface area contributed by atoms with E-state index in [0.29, 0.717) is 23.7 Å². The van der Waals surface area contributed by atoms with E-state index in [0.717, 1.165) is 11.0 Å². The summed E-state index contributed by atoms with van der Waals surface area (Å²) in [6.45, 7) is 3.23. The third kappa shape index (κ3) is 2.57. The smallest absolute Gasteiger partial charge is 0.0992 e. The fraction of sp³-hybridized carbons (Fsp3) is 0.562. The van der Waals surface area contributed by atoms with Crippen molar-refractivity contribution in [3.8, 4) is 6.07 Å². The van der Waals surface area contributed by atoms with Crippen molar-refractivity contribution in [3.63, 3.8) is 0 Å². The molecule has 0 saturated carbocycles. The number of piperidine rings is 1. The normalized spacial score (nSPS) is 28.1. The summed E-state index contributed by atoms with van der Waals surface area (Å²) < 4.78 is 1.03. The summed E-state index contributed by atoms with van der Waals surface area (Å²) in [7, 11) is 0. The Morgan fingerprint density at radius 1 is 1.35 bits per heavy atom. The van der Waals surface area contributed by atoms with Gasteiger partial charge >= 0.3 is 0 Å². The summed E-state index contributed by atoms with van der Waals surface area (Å²) >= 11 is 3.63. The van der Waals surface area contributed by atoms with Crippen molar-refractivity contribution in [2.24, 2.45) is 0 Å². The Morgan fingerprint density at radius 2 is 2.05 bits per heavy atom. The lowest BCUT2D eigenvalue weighted by Crippen LogP contribution is -2.48. The van der Waals surface area contributed by atoms with Gasteiger partial charge in [-0.3, -0.25) is 0 Å². The molecule has 0 spiro atoms. The van der Waals surface area contributed by atoms with Crippen LogP contribution >= 0.6 is 15.9 Å². The number of nitriles is 1. The van der Waals surface area contributed by atoms with Gasteiger partial charge in [-0.05, 0) is 66.7 Å². The summed E-state index contributed by atoms with van der Waals surface area (Å²) in [6, 6.07) is 10.1. The molecule has 1 aromatic rings. The predicted octanol–water partition coefficient (Wildman–Crippen LogP) is 3.43. The number of benzene rings is 1. The number of halogens is 1. The van der Waals surface area contributed by atoms with Crippen LogP contribution in [0, 0.1) is 11.3 Å². The number of fused-ring (bicyclic) bond motifs is 2. The van der Waals surface area contributed by atoms with E-state index in [-0.39, 0.29) is 0 Å². The highest BCUT2D eigenvalue weighted by molar-refractivity contribution is 9.10. The molecule has 1 aromatic carbocycles. The van der Waals surface area contributed by atoms with Gasteiger partial charge in [0.1, 0.15) is 0 Å². The number of nitrogens with zero attached hydrogens (tertiary/aromatic N) is 2. The van der Waals surface area contributed by atoms with Gasteiger partial charge in [0.2, 0.25) is 0 Å². The third-order valence-corrected chi connectivity index (χ3v) is 5.25. The average Bonchev–Trinajstić information content (AvgIpc) is 2.80. The highest BCUT2D eigenvalue weighted by atomic mass is 79.9. The van der Waals surface area contributed by atoms with Gasteiger partial charge in [-0.25, -0.2) is 0 Å². The van der Waals surface area contributed by atoms with Crippen molar-refractivity contribution in [1.29, 1.82) is 5.26 Å². The molecule has 2 atom stereocenters. The molecule has 2 unspecified atom stereocenters. The first-order chi connectivity index (χ1) is 9.71. The molecule has 1 N–H and O–H groups in total. The van der Waals surface area contributed by atoms with Crippen LogP contribution in [0.1, 0.15) is 38.2 Å². The van der Waals surface area contributed by atoms with Crippen molar-refractivity contribution in [3.05, 3.63) is 28.2 Å². The Morgan fingerprint density at radius 3 is 2.60 bits per heavy atom. The Labute approximate surface area is 129 Å². The number of hydrogen-bond donors (Lipinski definition) is 1. The molecule has 3 rings (SSSR count). The third-order valence-electron chi connectivity index (χ3n) is 4.62. The van der Waals surface area contributed by atoms with Gasteiger partial charge in [0.05, 0.1) is 17.3 Å². The topological polar surface area (TPSA) is 39.1 Å². The first-order valence-corrected chi connectivity index (χ1v) is 8.23. The number of anilines is 1. The van der Waals surface area contributed by atoms with Gasteiger partial charge in [-0.2, -0.15) is 5.26 Å². The minimum atomic E-state index is 0.614. The predicted molar refractivity (Wildman–Crippen MR) is 84.8 cm³/mol. The molecule has 2 bridgehead atoms. The van der Waals surface area contributed by atoms with E-state index in [9.17, 15) is 0 Å². The second-order valence-electron chi connectivity index (χ2n) is 5.83. The Bertz CT molecular complexity index is 525. The molecular formula is C16H20BrN3. The summed E-state index contributed by atoms with van der Waals surface area (Å²) in [5.74, 6) is 0. The second-order valence-corrected chi connectivity index (χ2v) is 6.68. The summed E-state index contributed by atoms with van der Waals surface area (Å²) in [5, 5.41) is 12.7. The van der Waals surface area contributed by atoms with Crippen LogP contribution in [0.15, 0.2) is 22.7 Å². The highest BCUT2D eigenvalue weighted by Gasteiger charge is 2.36. The highest BCUT2D eigenvalue weighted by Crippen LogP contribution is 2.35. The molecule has 0 aromatic heterocycles. The standard InChI is InChI=1S/C16H20BrN3/c1-2-20(14-8-12-4-5-13(9-14)19-12)16-6-3-11(10-18)7-15(16)17/h3,6-7,12-14,19H,2,4-5,8-9H2,1H3. The lowest BCUT2D eigenvalue weighted by molar-refractivity contribution is 0.349. The van der Waals surface area contributed by atoms with Gasteiger partial charge in [0.25, 0.3) is 0 Å². The fourth-order valence-electron chi connectivity index (χ4n) is 3.72. The van der Waals surface area contributed by atoms with Crippen molar-refractivity contribution < 1.29 is 0 Å². The maximum atomic E-state index is 8.98. The number of rotatable bonds is 3. The van der Waals surface area contributed by atoms with Crippen molar-refractivity contribution in [2.45, 2.75) is 50.7 Å². The monoisotopic (exact) mass is 333 g/mol. The van der Waals surface area contributed by atoms with Gasteiger partial charge in [0.15, 0.2) is 0 Å². The lowest BCUT2D eigenvalue weighted by Gasteiger charge is -2.39. The number of hydrogen-bond acceptors (Lipinski definition) is 3. The molecule has 2 saturated heterocycles. The van der Waals surface area contributed by atoms with Crippen LogP contribution in [0.4, 0.5) is 5.69 Å². The van der Waals surface area contributed by atoms with E-state index in [4.69, 9.17) is 5.26 Å². The molecule has 2 aliphatic heterocycles. The molecule has 0 amide bonds. The van der Waals surface area contributed by atoms with Crippen LogP contribution in [0.2, 0.25) is 0 Å². The first-order valence-electron chi connectivity index (χ1n) is 7.43. The van der Waals surface area contributed by atoms with Crippen LogP contribution in [-0.2, 0) is 0 Å². The molecule has 0 aliphatic carbocycles.